The third-order valence-corrected chi connectivity index (χ3v) is 29.9. The lowest BCUT2D eigenvalue weighted by Crippen LogP contribution is -2.43. The Balaban J connectivity index is 1.08. The molecule has 10 nitrogen and oxygen atoms in total. The van der Waals surface area contributed by atoms with Gasteiger partial charge in [0, 0.05) is 129 Å². The molecular weight excluding hydrogens is 1080 g/mol. The van der Waals surface area contributed by atoms with Crippen LogP contribution in [0.2, 0.25) is 0 Å². The van der Waals surface area contributed by atoms with Gasteiger partial charge >= 0.3 is 0 Å². The van der Waals surface area contributed by atoms with Crippen LogP contribution in [0.15, 0.2) is 0 Å². The van der Waals surface area contributed by atoms with Gasteiger partial charge in [-0.05, 0) is 123 Å². The van der Waals surface area contributed by atoms with Gasteiger partial charge in [0.15, 0.2) is 0 Å². The molecule has 0 amide bonds. The van der Waals surface area contributed by atoms with Crippen molar-refractivity contribution in [1.29, 1.82) is 0 Å². The number of methoxy groups -OCH3 is 10. The summed E-state index contributed by atoms with van der Waals surface area (Å²) in [6.45, 7) is 0. The van der Waals surface area contributed by atoms with Crippen LogP contribution in [0, 0.1) is 59.2 Å². The molecule has 11 rings (SSSR count). The molecule has 11 fully saturated rings. The lowest BCUT2D eigenvalue weighted by atomic mass is 9.79. The Morgan fingerprint density at radius 1 is 0.171 bits per heavy atom. The van der Waals surface area contributed by atoms with Gasteiger partial charge in [0.2, 0.25) is 0 Å². The zero-order chi connectivity index (χ0) is 49.8. The van der Waals surface area contributed by atoms with Gasteiger partial charge in [0.1, 0.15) is 0 Å². The average molecular weight is 1170 g/mol. The highest BCUT2D eigenvalue weighted by molar-refractivity contribution is 8.77. The molecule has 5 aliphatic carbocycles. The summed E-state index contributed by atoms with van der Waals surface area (Å²) in [6, 6.07) is 0. The van der Waals surface area contributed by atoms with E-state index in [1.54, 1.807) is 0 Å². The molecule has 0 spiro atoms. The Bertz CT molecular complexity index is 1080. The summed E-state index contributed by atoms with van der Waals surface area (Å²) in [5.41, 5.74) is 0. The number of hydrogen-bond donors (Lipinski definition) is 0. The molecule has 0 aromatic carbocycles. The molecule has 70 heavy (non-hydrogen) atoms. The van der Waals surface area contributed by atoms with Crippen LogP contribution >= 0.6 is 108 Å². The van der Waals surface area contributed by atoms with Gasteiger partial charge < -0.3 is 47.4 Å². The van der Waals surface area contributed by atoms with Crippen molar-refractivity contribution < 1.29 is 47.4 Å². The number of ether oxygens (including phenoxy) is 10. The molecule has 0 radical (unpaired) electrons. The van der Waals surface area contributed by atoms with E-state index in [0.29, 0.717) is 59.2 Å². The smallest absolute Gasteiger partial charge is 0.0612 e. The predicted molar refractivity (Wildman–Crippen MR) is 314 cm³/mol. The lowest BCUT2D eigenvalue weighted by molar-refractivity contribution is -0.0552. The highest BCUT2D eigenvalue weighted by atomic mass is 33.1. The number of hydrogen-bond acceptors (Lipinski definition) is 20. The van der Waals surface area contributed by atoms with Gasteiger partial charge in [-0.2, -0.15) is 0 Å². The second-order valence-corrected chi connectivity index (χ2v) is 33.3. The summed E-state index contributed by atoms with van der Waals surface area (Å²) >= 11 is 0. The summed E-state index contributed by atoms with van der Waals surface area (Å²) in [5, 5.41) is 0. The quantitative estimate of drug-likeness (QED) is 0.194. The van der Waals surface area contributed by atoms with Crippen molar-refractivity contribution in [2.45, 2.75) is 125 Å². The molecule has 6 heterocycles. The van der Waals surface area contributed by atoms with Crippen molar-refractivity contribution >= 4 is 108 Å². The van der Waals surface area contributed by atoms with E-state index in [1.165, 1.54) is 0 Å². The van der Waals surface area contributed by atoms with Gasteiger partial charge in [-0.25, -0.2) is 0 Å². The van der Waals surface area contributed by atoms with Gasteiger partial charge in [-0.15, -0.1) is 0 Å². The molecule has 10 bridgehead atoms. The first kappa shape index (κ1) is 62.3. The minimum Gasteiger partial charge on any atom is -0.381 e. The Morgan fingerprint density at radius 3 is 0.329 bits per heavy atom. The number of rotatable bonds is 10. The van der Waals surface area contributed by atoms with Crippen molar-refractivity contribution in [3.63, 3.8) is 0 Å². The summed E-state index contributed by atoms with van der Waals surface area (Å²) in [7, 11) is 39.3. The fraction of sp³-hybridized carbons (Fsp3) is 1.00. The molecule has 0 N–H and O–H groups in total. The van der Waals surface area contributed by atoms with Gasteiger partial charge in [-0.3, -0.25) is 0 Å². The van der Waals surface area contributed by atoms with E-state index in [-0.39, 0.29) is 61.0 Å². The maximum Gasteiger partial charge on any atom is 0.0612 e. The minimum atomic E-state index is 0.255. The normalized spacial score (nSPS) is 43.3. The first-order chi connectivity index (χ1) is 34.2. The molecule has 10 unspecified atom stereocenters. The SMILES string of the molecule is COC1C[C@H]2CSSC[C@@H]3CC(OC)[C@H](CSSC[C@H]4CC(OC)[C@@H](CSSC[C@@H]5CC(OC)[C@H](CSSC[C@@H]6CC(OC)[C@H](CSSC[C@@H]1CC2OC)CC6OC)CC5OC)CC4OC)CC3OC. The van der Waals surface area contributed by atoms with Crippen LogP contribution in [0.25, 0.3) is 0 Å². The van der Waals surface area contributed by atoms with Crippen LogP contribution in [0.5, 0.6) is 0 Å². The maximum absolute atomic E-state index is 6.22. The number of fused-ring (bicyclic) bond motifs is 4. The van der Waals surface area contributed by atoms with Gasteiger partial charge in [0.05, 0.1) is 61.0 Å². The van der Waals surface area contributed by atoms with Crippen LogP contribution in [0.3, 0.4) is 0 Å². The third-order valence-electron chi connectivity index (χ3n) is 16.9. The monoisotopic (exact) mass is 1170 g/mol. The van der Waals surface area contributed by atoms with Crippen molar-refractivity contribution in [3.05, 3.63) is 0 Å². The molecule has 6 saturated heterocycles. The molecule has 0 aromatic rings. The van der Waals surface area contributed by atoms with Crippen LogP contribution in [0.4, 0.5) is 0 Å². The zero-order valence-electron chi connectivity index (χ0n) is 43.9. The highest BCUT2D eigenvalue weighted by Gasteiger charge is 2.43. The summed E-state index contributed by atoms with van der Waals surface area (Å²) in [6.07, 6.45) is 13.0. The van der Waals surface area contributed by atoms with E-state index in [1.807, 2.05) is 179 Å². The average Bonchev–Trinajstić information content (AvgIpc) is 3.39. The fourth-order valence-corrected chi connectivity index (χ4v) is 26.8. The van der Waals surface area contributed by atoms with Crippen molar-refractivity contribution in [3.8, 4) is 0 Å². The molecule has 20 atom stereocenters. The standard InChI is InChI=1S/C50H90O10S10/c1-51-41-11-32-22-62-64-24-34-14-46(56-6)36(16-45(34)55-5)26-66-68-28-38-18-50(60-10)40(20-49(38)59-9)30-70-69-29-39-19-47(57-7)37(17-48(39)58-8)27-67-65-25-35-15-43(53-3)33(13-44(35)54-4)23-63-61-21-31(41)12-42(32)52-2/h31-50H,11-30H2,1-10H3/t31-,32-,33-,34-,35-,36-,37-,38+,39-,40+,41?,42?,43?,44?,45?,46?,47?,48?,49?,50?/m0/s1. The summed E-state index contributed by atoms with van der Waals surface area (Å²) in [4.78, 5) is 0. The predicted octanol–water partition coefficient (Wildman–Crippen LogP) is 12.2. The molecule has 410 valence electrons. The van der Waals surface area contributed by atoms with E-state index in [9.17, 15) is 0 Å². The first-order valence-corrected chi connectivity index (χ1v) is 38.2. The molecule has 11 aliphatic rings. The molecule has 20 heteroatoms. The second kappa shape index (κ2) is 34.3. The maximum atomic E-state index is 6.22. The van der Waals surface area contributed by atoms with Crippen LogP contribution in [-0.4, -0.2) is 190 Å². The van der Waals surface area contributed by atoms with E-state index < -0.39 is 0 Å². The van der Waals surface area contributed by atoms with Crippen molar-refractivity contribution in [1.82, 2.24) is 0 Å². The second-order valence-electron chi connectivity index (χ2n) is 20.5. The molecule has 6 aliphatic heterocycles. The highest BCUT2D eigenvalue weighted by Crippen LogP contribution is 2.47. The van der Waals surface area contributed by atoms with Gasteiger partial charge in [-0.1, -0.05) is 108 Å². The molecule has 0 aromatic heterocycles. The largest absolute Gasteiger partial charge is 0.381 e. The van der Waals surface area contributed by atoms with Crippen molar-refractivity contribution in [2.24, 2.45) is 59.2 Å². The van der Waals surface area contributed by atoms with E-state index >= 15 is 0 Å². The Kier molecular flexibility index (Phi) is 30.5. The Labute approximate surface area is 464 Å². The third kappa shape index (κ3) is 18.3. The van der Waals surface area contributed by atoms with E-state index in [0.717, 1.165) is 122 Å². The topological polar surface area (TPSA) is 92.3 Å². The summed E-state index contributed by atoms with van der Waals surface area (Å²) < 4.78 is 62.2. The lowest BCUT2D eigenvalue weighted by Gasteiger charge is -2.41. The Hall–Kier alpha value is 3.10. The molecular formula is C50H90O10S10. The van der Waals surface area contributed by atoms with Crippen LogP contribution in [-0.2, 0) is 47.4 Å². The molecule has 5 saturated carbocycles. The fourth-order valence-electron chi connectivity index (χ4n) is 12.4. The summed E-state index contributed by atoms with van der Waals surface area (Å²) in [5.74, 6) is 15.5. The van der Waals surface area contributed by atoms with Crippen molar-refractivity contribution in [2.75, 3.05) is 129 Å². The van der Waals surface area contributed by atoms with Crippen LogP contribution in [0.1, 0.15) is 64.2 Å². The van der Waals surface area contributed by atoms with Gasteiger partial charge in [0.25, 0.3) is 0 Å². The Morgan fingerprint density at radius 2 is 0.257 bits per heavy atom. The minimum absolute atomic E-state index is 0.255. The zero-order valence-corrected chi connectivity index (χ0v) is 52.0. The van der Waals surface area contributed by atoms with Crippen LogP contribution < -0.4 is 0 Å². The van der Waals surface area contributed by atoms with E-state index in [2.05, 4.69) is 0 Å². The van der Waals surface area contributed by atoms with E-state index in [4.69, 9.17) is 47.4 Å². The first-order valence-electron chi connectivity index (χ1n) is 25.7.